The average Bonchev–Trinajstić information content (AvgIpc) is 2.76. The minimum absolute atomic E-state index is 0.0365. The molecule has 0 atom stereocenters. The number of nitrogens with one attached hydrogen (secondary N) is 1. The van der Waals surface area contributed by atoms with Crippen molar-refractivity contribution in [2.45, 2.75) is 6.92 Å². The molecule has 0 aliphatic heterocycles. The van der Waals surface area contributed by atoms with Gasteiger partial charge in [-0.2, -0.15) is 4.98 Å². The number of anilines is 1. The summed E-state index contributed by atoms with van der Waals surface area (Å²) in [6.45, 7) is 1.47. The summed E-state index contributed by atoms with van der Waals surface area (Å²) in [4.78, 5) is 36.8. The van der Waals surface area contributed by atoms with Crippen molar-refractivity contribution in [1.29, 1.82) is 0 Å². The largest absolute Gasteiger partial charge is 0.337 e. The molecule has 0 spiro atoms. The highest BCUT2D eigenvalue weighted by Crippen LogP contribution is 2.13. The smallest absolute Gasteiger partial charge is 0.320 e. The molecule has 0 bridgehead atoms. The summed E-state index contributed by atoms with van der Waals surface area (Å²) in [5.41, 5.74) is 1.13. The van der Waals surface area contributed by atoms with E-state index in [9.17, 15) is 14.4 Å². The minimum Gasteiger partial charge on any atom is -0.320 e. The van der Waals surface area contributed by atoms with Crippen LogP contribution < -0.4 is 10.2 Å². The van der Waals surface area contributed by atoms with Gasteiger partial charge in [0.2, 0.25) is 0 Å². The van der Waals surface area contributed by atoms with Crippen LogP contribution in [0.1, 0.15) is 27.1 Å². The van der Waals surface area contributed by atoms with Crippen molar-refractivity contribution in [3.05, 3.63) is 44.5 Å². The Kier molecular flexibility index (Phi) is 3.63. The third-order valence-electron chi connectivity index (χ3n) is 2.13. The first-order valence-electron chi connectivity index (χ1n) is 4.96. The lowest BCUT2D eigenvalue weighted by molar-refractivity contribution is 0.101. The van der Waals surface area contributed by atoms with Gasteiger partial charge in [-0.05, 0) is 51.9 Å². The molecule has 1 N–H and O–H groups in total. The summed E-state index contributed by atoms with van der Waals surface area (Å²) in [6, 6.07) is 6.51. The van der Waals surface area contributed by atoms with E-state index in [4.69, 9.17) is 0 Å². The fourth-order valence-corrected chi connectivity index (χ4v) is 2.74. The van der Waals surface area contributed by atoms with Crippen molar-refractivity contribution < 1.29 is 9.59 Å². The number of benzene rings is 1. The number of hydrogen-bond acceptors (Lipinski definition) is 6. The Morgan fingerprint density at radius 2 is 1.83 bits per heavy atom. The van der Waals surface area contributed by atoms with Crippen LogP contribution in [-0.2, 0) is 0 Å². The molecule has 7 heteroatoms. The molecule has 1 aromatic heterocycles. The van der Waals surface area contributed by atoms with Gasteiger partial charge in [-0.3, -0.25) is 14.4 Å². The first kappa shape index (κ1) is 12.6. The molecule has 5 nitrogen and oxygen atoms in total. The van der Waals surface area contributed by atoms with E-state index in [-0.39, 0.29) is 15.7 Å². The van der Waals surface area contributed by atoms with Crippen molar-refractivity contribution in [2.75, 3.05) is 5.32 Å². The molecule has 1 heterocycles. The first-order chi connectivity index (χ1) is 8.56. The highest BCUT2D eigenvalue weighted by Gasteiger charge is 2.11. The van der Waals surface area contributed by atoms with Crippen LogP contribution >= 0.6 is 20.7 Å². The third kappa shape index (κ3) is 2.88. The normalized spacial score (nSPS) is 10.1. The molecule has 0 saturated heterocycles. The Labute approximate surface area is 110 Å². The molecule has 0 fully saturated rings. The van der Waals surface area contributed by atoms with E-state index < -0.39 is 5.91 Å². The number of carbonyl (C=O) groups excluding carboxylic acids is 2. The summed E-state index contributed by atoms with van der Waals surface area (Å²) in [5.74, 6) is -0.459. The Balaban J connectivity index is 2.12. The van der Waals surface area contributed by atoms with Gasteiger partial charge in [-0.15, -0.1) is 0 Å². The second-order valence-electron chi connectivity index (χ2n) is 3.44. The van der Waals surface area contributed by atoms with Crippen molar-refractivity contribution in [3.63, 3.8) is 0 Å². The number of amides is 1. The lowest BCUT2D eigenvalue weighted by Gasteiger charge is -2.03. The zero-order chi connectivity index (χ0) is 13.1. The molecule has 0 aliphatic rings. The fourth-order valence-electron chi connectivity index (χ4n) is 1.26. The zero-order valence-corrected chi connectivity index (χ0v) is 10.9. The van der Waals surface area contributed by atoms with Crippen LogP contribution in [0.3, 0.4) is 0 Å². The van der Waals surface area contributed by atoms with Crippen molar-refractivity contribution in [3.8, 4) is 0 Å². The number of hydrogen-bond donors (Lipinski definition) is 1. The van der Waals surface area contributed by atoms with E-state index in [0.717, 1.165) is 20.7 Å². The Morgan fingerprint density at radius 1 is 1.17 bits per heavy atom. The van der Waals surface area contributed by atoms with E-state index in [1.165, 1.54) is 6.92 Å². The SMILES string of the molecule is CC(=O)c1ccc(NC(=O)c2nc(=O)ss2)cc1. The predicted octanol–water partition coefficient (Wildman–Crippen LogP) is 2.02. The summed E-state index contributed by atoms with van der Waals surface area (Å²) < 4.78 is 0. The van der Waals surface area contributed by atoms with Gasteiger partial charge in [0.05, 0.1) is 0 Å². The molecule has 2 rings (SSSR count). The summed E-state index contributed by atoms with van der Waals surface area (Å²) >= 11 is 0. The molecule has 2 aromatic rings. The Bertz CT molecular complexity index is 643. The monoisotopic (exact) mass is 280 g/mol. The topological polar surface area (TPSA) is 76.1 Å². The lowest BCUT2D eigenvalue weighted by Crippen LogP contribution is -2.13. The van der Waals surface area contributed by atoms with Gasteiger partial charge in [0.15, 0.2) is 10.8 Å². The van der Waals surface area contributed by atoms with Gasteiger partial charge in [0.25, 0.3) is 5.91 Å². The van der Waals surface area contributed by atoms with Crippen LogP contribution in [-0.4, -0.2) is 16.7 Å². The number of nitrogens with zero attached hydrogens (tertiary/aromatic N) is 1. The fraction of sp³-hybridized carbons (Fsp3) is 0.0909. The van der Waals surface area contributed by atoms with Crippen LogP contribution in [0.5, 0.6) is 0 Å². The van der Waals surface area contributed by atoms with E-state index in [1.807, 2.05) is 0 Å². The lowest BCUT2D eigenvalue weighted by atomic mass is 10.1. The number of Topliss-reactive ketones (excluding diaryl/α,β-unsaturated/α-hetero) is 1. The maximum Gasteiger partial charge on any atom is 0.337 e. The second kappa shape index (κ2) is 5.19. The second-order valence-corrected chi connectivity index (χ2v) is 5.51. The predicted molar refractivity (Wildman–Crippen MR) is 70.7 cm³/mol. The molecule has 0 radical (unpaired) electrons. The van der Waals surface area contributed by atoms with Crippen molar-refractivity contribution in [2.24, 2.45) is 0 Å². The van der Waals surface area contributed by atoms with E-state index in [2.05, 4.69) is 10.3 Å². The highest BCUT2D eigenvalue weighted by atomic mass is 32.9. The van der Waals surface area contributed by atoms with Crippen molar-refractivity contribution >= 4 is 38.1 Å². The van der Waals surface area contributed by atoms with Gasteiger partial charge < -0.3 is 5.32 Å². The van der Waals surface area contributed by atoms with Crippen LogP contribution in [0.4, 0.5) is 5.69 Å². The molecule has 1 aromatic carbocycles. The van der Waals surface area contributed by atoms with Crippen LogP contribution in [0.2, 0.25) is 0 Å². The first-order valence-corrected chi connectivity index (χ1v) is 7.11. The number of ketones is 1. The summed E-state index contributed by atoms with van der Waals surface area (Å²) in [5, 5.41) is 2.74. The van der Waals surface area contributed by atoms with Crippen LogP contribution in [0.15, 0.2) is 29.1 Å². The average molecular weight is 280 g/mol. The molecular weight excluding hydrogens is 272 g/mol. The quantitative estimate of drug-likeness (QED) is 0.689. The van der Waals surface area contributed by atoms with Gasteiger partial charge in [-0.1, -0.05) is 0 Å². The third-order valence-corrected chi connectivity index (χ3v) is 4.03. The maximum absolute atomic E-state index is 11.7. The molecule has 0 unspecified atom stereocenters. The molecule has 1 amide bonds. The van der Waals surface area contributed by atoms with Gasteiger partial charge in [0.1, 0.15) is 0 Å². The summed E-state index contributed by atoms with van der Waals surface area (Å²) in [6.07, 6.45) is 0. The Morgan fingerprint density at radius 3 is 2.33 bits per heavy atom. The molecule has 0 saturated carbocycles. The number of carbonyl (C=O) groups is 2. The van der Waals surface area contributed by atoms with E-state index >= 15 is 0 Å². The molecular formula is C11H8N2O3S2. The van der Waals surface area contributed by atoms with Crippen LogP contribution in [0.25, 0.3) is 0 Å². The Hall–Kier alpha value is -1.86. The zero-order valence-electron chi connectivity index (χ0n) is 9.30. The summed E-state index contributed by atoms with van der Waals surface area (Å²) in [7, 11) is 1.96. The van der Waals surface area contributed by atoms with E-state index in [0.29, 0.717) is 11.3 Å². The molecule has 18 heavy (non-hydrogen) atoms. The molecule has 0 aliphatic carbocycles. The van der Waals surface area contributed by atoms with E-state index in [1.54, 1.807) is 24.3 Å². The highest BCUT2D eigenvalue weighted by molar-refractivity contribution is 7.68. The number of aromatic nitrogens is 1. The minimum atomic E-state index is -0.422. The van der Waals surface area contributed by atoms with Gasteiger partial charge in [-0.25, -0.2) is 0 Å². The standard InChI is InChI=1S/C11H8N2O3S2/c1-6(14)7-2-4-8(5-3-7)12-9(15)10-13-11(16)18-17-10/h2-5H,1H3,(H,12,15). The van der Waals surface area contributed by atoms with Gasteiger partial charge in [0, 0.05) is 11.3 Å². The van der Waals surface area contributed by atoms with Crippen molar-refractivity contribution in [1.82, 2.24) is 4.98 Å². The molecule has 92 valence electrons. The maximum atomic E-state index is 11.7. The van der Waals surface area contributed by atoms with Gasteiger partial charge >= 0.3 is 4.87 Å². The number of rotatable bonds is 3. The van der Waals surface area contributed by atoms with Crippen LogP contribution in [0, 0.1) is 0 Å².